The summed E-state index contributed by atoms with van der Waals surface area (Å²) >= 11 is 5.87. The van der Waals surface area contributed by atoms with Crippen molar-refractivity contribution in [1.82, 2.24) is 4.98 Å². The zero-order chi connectivity index (χ0) is 9.30. The lowest BCUT2D eigenvalue weighted by Gasteiger charge is -1.85. The first-order valence-corrected chi connectivity index (χ1v) is 4.28. The highest BCUT2D eigenvalue weighted by Crippen LogP contribution is 2.35. The maximum Gasteiger partial charge on any atom is 0.316 e. The molecule has 0 aliphatic heterocycles. The summed E-state index contributed by atoms with van der Waals surface area (Å²) in [4.78, 5) is 12.3. The number of nitrogens with zero attached hydrogens (tertiary/aromatic N) is 2. The van der Waals surface area contributed by atoms with E-state index in [1.807, 2.05) is 0 Å². The standard InChI is InChI=1S/C5HBr2N3O2/c6-3-2(1-8)9-5(7)4(3)10(11)12/h9H. The van der Waals surface area contributed by atoms with Crippen molar-refractivity contribution in [3.05, 3.63) is 24.9 Å². The van der Waals surface area contributed by atoms with Gasteiger partial charge in [0.05, 0.1) is 4.92 Å². The van der Waals surface area contributed by atoms with Crippen LogP contribution >= 0.6 is 31.9 Å². The molecule has 1 aromatic rings. The molecule has 12 heavy (non-hydrogen) atoms. The van der Waals surface area contributed by atoms with E-state index in [0.717, 1.165) is 0 Å². The summed E-state index contributed by atoms with van der Waals surface area (Å²) in [6.45, 7) is 0. The fourth-order valence-electron chi connectivity index (χ4n) is 0.676. The summed E-state index contributed by atoms with van der Waals surface area (Å²) in [6, 6.07) is 1.77. The normalized spacial score (nSPS) is 9.42. The SMILES string of the molecule is N#Cc1[nH]c(Br)c([N+](=O)[O-])c1Br. The molecule has 1 heterocycles. The average molecular weight is 295 g/mol. The Kier molecular flexibility index (Phi) is 2.49. The van der Waals surface area contributed by atoms with Gasteiger partial charge in [-0.2, -0.15) is 5.26 Å². The van der Waals surface area contributed by atoms with Crippen LogP contribution in [0.3, 0.4) is 0 Å². The minimum atomic E-state index is -0.578. The summed E-state index contributed by atoms with van der Waals surface area (Å²) in [5, 5.41) is 18.9. The van der Waals surface area contributed by atoms with E-state index >= 15 is 0 Å². The number of nitrogens with one attached hydrogen (secondary N) is 1. The molecule has 0 unspecified atom stereocenters. The highest BCUT2D eigenvalue weighted by molar-refractivity contribution is 9.11. The van der Waals surface area contributed by atoms with Crippen LogP contribution in [0.4, 0.5) is 5.69 Å². The lowest BCUT2D eigenvalue weighted by atomic mass is 10.4. The van der Waals surface area contributed by atoms with Gasteiger partial charge in [0, 0.05) is 0 Å². The molecule has 0 radical (unpaired) electrons. The second kappa shape index (κ2) is 3.25. The molecule has 0 fully saturated rings. The van der Waals surface area contributed by atoms with E-state index < -0.39 is 4.92 Å². The number of rotatable bonds is 1. The molecule has 1 N–H and O–H groups in total. The van der Waals surface area contributed by atoms with Crippen molar-refractivity contribution in [1.29, 1.82) is 5.26 Å². The van der Waals surface area contributed by atoms with E-state index in [1.165, 1.54) is 0 Å². The van der Waals surface area contributed by atoms with Crippen molar-refractivity contribution in [2.45, 2.75) is 0 Å². The molecule has 0 atom stereocenters. The van der Waals surface area contributed by atoms with Crippen LogP contribution in [0.1, 0.15) is 5.69 Å². The Labute approximate surface area is 83.8 Å². The minimum absolute atomic E-state index is 0.133. The molecule has 5 nitrogen and oxygen atoms in total. The van der Waals surface area contributed by atoms with Crippen molar-refractivity contribution in [3.8, 4) is 6.07 Å². The number of aromatic nitrogens is 1. The van der Waals surface area contributed by atoms with Crippen LogP contribution in [-0.4, -0.2) is 9.91 Å². The molecule has 0 bridgehead atoms. The van der Waals surface area contributed by atoms with Crippen LogP contribution in [0.25, 0.3) is 0 Å². The number of hydrogen-bond donors (Lipinski definition) is 1. The first-order valence-electron chi connectivity index (χ1n) is 2.69. The molecule has 0 spiro atoms. The van der Waals surface area contributed by atoms with Crippen LogP contribution in [0, 0.1) is 21.4 Å². The second-order valence-corrected chi connectivity index (χ2v) is 3.43. The van der Waals surface area contributed by atoms with Crippen molar-refractivity contribution < 1.29 is 4.92 Å². The van der Waals surface area contributed by atoms with Crippen molar-refractivity contribution >= 4 is 37.5 Å². The van der Waals surface area contributed by atoms with Crippen molar-refractivity contribution in [2.24, 2.45) is 0 Å². The number of nitriles is 1. The number of H-pyrrole nitrogens is 1. The fraction of sp³-hybridized carbons (Fsp3) is 0. The van der Waals surface area contributed by atoms with E-state index in [1.54, 1.807) is 6.07 Å². The third kappa shape index (κ3) is 1.35. The molecule has 0 amide bonds. The molecule has 0 saturated heterocycles. The molecule has 1 rings (SSSR count). The Morgan fingerprint density at radius 3 is 2.42 bits per heavy atom. The summed E-state index contributed by atoms with van der Waals surface area (Å²) in [5.41, 5.74) is -0.0277. The Balaban J connectivity index is 3.40. The van der Waals surface area contributed by atoms with Crippen molar-refractivity contribution in [3.63, 3.8) is 0 Å². The Morgan fingerprint density at radius 1 is 1.58 bits per heavy atom. The van der Waals surface area contributed by atoms with Crippen LogP contribution in [0.5, 0.6) is 0 Å². The Morgan fingerprint density at radius 2 is 2.17 bits per heavy atom. The molecular weight excluding hydrogens is 294 g/mol. The van der Waals surface area contributed by atoms with Crippen LogP contribution in [0.15, 0.2) is 9.08 Å². The zero-order valence-corrected chi connectivity index (χ0v) is 8.64. The topological polar surface area (TPSA) is 82.7 Å². The van der Waals surface area contributed by atoms with Gasteiger partial charge in [-0.15, -0.1) is 0 Å². The smallest absolute Gasteiger partial charge is 0.316 e. The van der Waals surface area contributed by atoms with Gasteiger partial charge in [-0.3, -0.25) is 10.1 Å². The molecule has 0 aliphatic rings. The highest BCUT2D eigenvalue weighted by Gasteiger charge is 2.23. The lowest BCUT2D eigenvalue weighted by Crippen LogP contribution is -1.86. The molecule has 0 aromatic carbocycles. The van der Waals surface area contributed by atoms with E-state index in [2.05, 4.69) is 36.8 Å². The Bertz CT molecular complexity index is 379. The predicted molar refractivity (Wildman–Crippen MR) is 47.6 cm³/mol. The summed E-state index contributed by atoms with van der Waals surface area (Å²) < 4.78 is 0.359. The molecule has 0 aliphatic carbocycles. The number of hydrogen-bond acceptors (Lipinski definition) is 3. The third-order valence-corrected chi connectivity index (χ3v) is 2.51. The van der Waals surface area contributed by atoms with Gasteiger partial charge in [0.2, 0.25) is 0 Å². The largest absolute Gasteiger partial charge is 0.334 e. The summed E-state index contributed by atoms with van der Waals surface area (Å²) in [7, 11) is 0. The van der Waals surface area contributed by atoms with Gasteiger partial charge in [0.25, 0.3) is 0 Å². The molecule has 1 aromatic heterocycles. The highest BCUT2D eigenvalue weighted by atomic mass is 79.9. The predicted octanol–water partition coefficient (Wildman–Crippen LogP) is 2.32. The minimum Gasteiger partial charge on any atom is -0.334 e. The van der Waals surface area contributed by atoms with Crippen LogP contribution in [-0.2, 0) is 0 Å². The van der Waals surface area contributed by atoms with Gasteiger partial charge in [0.1, 0.15) is 16.2 Å². The Hall–Kier alpha value is -0.870. The van der Waals surface area contributed by atoms with Crippen LogP contribution < -0.4 is 0 Å². The van der Waals surface area contributed by atoms with Crippen molar-refractivity contribution in [2.75, 3.05) is 0 Å². The second-order valence-electron chi connectivity index (χ2n) is 1.85. The first kappa shape index (κ1) is 9.22. The number of halogens is 2. The van der Waals surface area contributed by atoms with E-state index in [9.17, 15) is 10.1 Å². The maximum absolute atomic E-state index is 10.4. The van der Waals surface area contributed by atoms with E-state index in [0.29, 0.717) is 0 Å². The zero-order valence-electron chi connectivity index (χ0n) is 5.47. The number of aromatic amines is 1. The van der Waals surface area contributed by atoms with Gasteiger partial charge < -0.3 is 4.98 Å². The third-order valence-electron chi connectivity index (χ3n) is 1.16. The van der Waals surface area contributed by atoms with Gasteiger partial charge in [-0.25, -0.2) is 0 Å². The van der Waals surface area contributed by atoms with E-state index in [-0.39, 0.29) is 20.5 Å². The number of nitro groups is 1. The average Bonchev–Trinajstić information content (AvgIpc) is 2.25. The molecule has 62 valence electrons. The van der Waals surface area contributed by atoms with Gasteiger partial charge in [-0.05, 0) is 31.9 Å². The monoisotopic (exact) mass is 293 g/mol. The summed E-state index contributed by atoms with van der Waals surface area (Å²) in [5.74, 6) is 0. The molecular formula is C5HBr2N3O2. The first-order chi connectivity index (χ1) is 5.57. The fourth-order valence-corrected chi connectivity index (χ4v) is 2.01. The van der Waals surface area contributed by atoms with Gasteiger partial charge >= 0.3 is 5.69 Å². The van der Waals surface area contributed by atoms with Gasteiger partial charge in [0.15, 0.2) is 4.60 Å². The quantitative estimate of drug-likeness (QED) is 0.637. The summed E-state index contributed by atoms with van der Waals surface area (Å²) in [6.07, 6.45) is 0. The molecule has 7 heteroatoms. The lowest BCUT2D eigenvalue weighted by molar-refractivity contribution is -0.386. The van der Waals surface area contributed by atoms with Crippen LogP contribution in [0.2, 0.25) is 0 Å². The maximum atomic E-state index is 10.4. The molecule has 0 saturated carbocycles. The van der Waals surface area contributed by atoms with E-state index in [4.69, 9.17) is 5.26 Å². The van der Waals surface area contributed by atoms with Gasteiger partial charge in [-0.1, -0.05) is 0 Å².